The predicted molar refractivity (Wildman–Crippen MR) is 101 cm³/mol. The number of aromatic hydroxyl groups is 1. The fourth-order valence-corrected chi connectivity index (χ4v) is 3.31. The van der Waals surface area contributed by atoms with E-state index in [4.69, 9.17) is 14.6 Å². The number of halogens is 3. The van der Waals surface area contributed by atoms with Gasteiger partial charge in [0.2, 0.25) is 0 Å². The molecule has 0 aromatic heterocycles. The highest BCUT2D eigenvalue weighted by Gasteiger charge is 2.35. The van der Waals surface area contributed by atoms with Crippen molar-refractivity contribution < 1.29 is 37.7 Å². The summed E-state index contributed by atoms with van der Waals surface area (Å²) in [6.07, 6.45) is 2.61. The van der Waals surface area contributed by atoms with E-state index in [2.05, 4.69) is 0 Å². The van der Waals surface area contributed by atoms with Crippen molar-refractivity contribution in [1.82, 2.24) is 0 Å². The summed E-state index contributed by atoms with van der Waals surface area (Å²) < 4.78 is 52.1. The lowest BCUT2D eigenvalue weighted by Gasteiger charge is -2.37. The van der Waals surface area contributed by atoms with Gasteiger partial charge >= 0.3 is 5.97 Å². The number of allylic oxidation sites excluding steroid dienone is 2. The van der Waals surface area contributed by atoms with Crippen LogP contribution in [0.2, 0.25) is 0 Å². The molecule has 1 heterocycles. The van der Waals surface area contributed by atoms with E-state index in [1.165, 1.54) is 6.07 Å². The molecule has 2 aromatic rings. The molecule has 2 N–H and O–H groups in total. The molecule has 30 heavy (non-hydrogen) atoms. The lowest BCUT2D eigenvalue weighted by molar-refractivity contribution is -0.244. The van der Waals surface area contributed by atoms with Crippen LogP contribution in [0.3, 0.4) is 0 Å². The molecule has 1 aliphatic heterocycles. The average molecular weight is 422 g/mol. The molecule has 160 valence electrons. The maximum atomic E-state index is 13.6. The molecule has 3 atom stereocenters. The lowest BCUT2D eigenvalue weighted by atomic mass is 9.91. The van der Waals surface area contributed by atoms with Gasteiger partial charge in [-0.05, 0) is 31.0 Å². The third-order valence-electron chi connectivity index (χ3n) is 4.81. The molecule has 0 saturated carbocycles. The van der Waals surface area contributed by atoms with Gasteiger partial charge in [0.15, 0.2) is 23.7 Å². The Morgan fingerprint density at radius 3 is 2.50 bits per heavy atom. The van der Waals surface area contributed by atoms with Crippen molar-refractivity contribution in [2.45, 2.75) is 31.7 Å². The van der Waals surface area contributed by atoms with Gasteiger partial charge in [-0.1, -0.05) is 30.4 Å². The second-order valence-electron chi connectivity index (χ2n) is 6.98. The van der Waals surface area contributed by atoms with Crippen LogP contribution in [-0.4, -0.2) is 22.8 Å². The molecule has 5 nitrogen and oxygen atoms in total. The zero-order valence-electron chi connectivity index (χ0n) is 15.9. The Bertz CT molecular complexity index is 908. The van der Waals surface area contributed by atoms with Crippen molar-refractivity contribution in [2.75, 3.05) is 6.61 Å². The van der Waals surface area contributed by atoms with Crippen LogP contribution < -0.4 is 0 Å². The number of carboxylic acid groups (broad SMARTS) is 1. The van der Waals surface area contributed by atoms with E-state index in [-0.39, 0.29) is 30.3 Å². The summed E-state index contributed by atoms with van der Waals surface area (Å²) >= 11 is 0. The minimum Gasteiger partial charge on any atom is -0.508 e. The van der Waals surface area contributed by atoms with Crippen LogP contribution in [0.4, 0.5) is 13.2 Å². The number of para-hydroxylation sites is 1. The van der Waals surface area contributed by atoms with E-state index in [9.17, 15) is 23.1 Å². The Balaban J connectivity index is 1.81. The summed E-state index contributed by atoms with van der Waals surface area (Å²) in [4.78, 5) is 10.6. The van der Waals surface area contributed by atoms with Crippen LogP contribution in [0, 0.1) is 23.4 Å². The Labute approximate surface area is 171 Å². The van der Waals surface area contributed by atoms with Crippen LogP contribution >= 0.6 is 0 Å². The van der Waals surface area contributed by atoms with Gasteiger partial charge in [-0.3, -0.25) is 4.79 Å². The molecule has 0 spiro atoms. The number of phenols is 1. The van der Waals surface area contributed by atoms with Gasteiger partial charge in [-0.25, -0.2) is 13.2 Å². The van der Waals surface area contributed by atoms with Crippen molar-refractivity contribution in [3.8, 4) is 5.75 Å². The number of phenolic OH excluding ortho intramolecular Hbond substituents is 1. The van der Waals surface area contributed by atoms with Gasteiger partial charge in [0.05, 0.1) is 12.7 Å². The first-order valence-electron chi connectivity index (χ1n) is 9.43. The predicted octanol–water partition coefficient (Wildman–Crippen LogP) is 5.02. The third kappa shape index (κ3) is 5.20. The van der Waals surface area contributed by atoms with E-state index in [0.717, 1.165) is 12.1 Å². The van der Waals surface area contributed by atoms with Crippen molar-refractivity contribution in [2.24, 2.45) is 5.92 Å². The highest BCUT2D eigenvalue weighted by atomic mass is 19.2. The van der Waals surface area contributed by atoms with Crippen molar-refractivity contribution in [1.29, 1.82) is 0 Å². The Morgan fingerprint density at radius 1 is 1.13 bits per heavy atom. The van der Waals surface area contributed by atoms with Gasteiger partial charge in [-0.2, -0.15) is 0 Å². The third-order valence-corrected chi connectivity index (χ3v) is 4.81. The zero-order chi connectivity index (χ0) is 21.7. The molecular weight excluding hydrogens is 401 g/mol. The zero-order valence-corrected chi connectivity index (χ0v) is 15.9. The number of ether oxygens (including phenoxy) is 2. The van der Waals surface area contributed by atoms with Gasteiger partial charge < -0.3 is 19.7 Å². The molecule has 0 aliphatic carbocycles. The number of carbonyl (C=O) groups is 1. The highest BCUT2D eigenvalue weighted by Crippen LogP contribution is 2.42. The molecule has 1 aliphatic rings. The van der Waals surface area contributed by atoms with Crippen LogP contribution in [0.1, 0.15) is 42.8 Å². The first-order chi connectivity index (χ1) is 14.4. The van der Waals surface area contributed by atoms with Crippen molar-refractivity contribution in [3.63, 3.8) is 0 Å². The molecule has 2 aromatic carbocycles. The molecule has 8 heteroatoms. The number of aliphatic carboxylic acids is 1. The maximum absolute atomic E-state index is 13.6. The quantitative estimate of drug-likeness (QED) is 0.484. The molecule has 0 unspecified atom stereocenters. The summed E-state index contributed by atoms with van der Waals surface area (Å²) in [7, 11) is 0. The van der Waals surface area contributed by atoms with E-state index < -0.39 is 35.8 Å². The second kappa shape index (κ2) is 9.77. The van der Waals surface area contributed by atoms with E-state index in [1.807, 2.05) is 6.08 Å². The van der Waals surface area contributed by atoms with Gasteiger partial charge in [0.25, 0.3) is 0 Å². The molecule has 0 radical (unpaired) electrons. The Kier molecular flexibility index (Phi) is 7.12. The van der Waals surface area contributed by atoms with Crippen LogP contribution in [0.5, 0.6) is 5.75 Å². The minimum atomic E-state index is -1.57. The summed E-state index contributed by atoms with van der Waals surface area (Å²) in [5.74, 6) is -5.40. The average Bonchev–Trinajstić information content (AvgIpc) is 2.72. The number of benzene rings is 2. The molecule has 1 fully saturated rings. The van der Waals surface area contributed by atoms with E-state index in [1.54, 1.807) is 24.3 Å². The largest absolute Gasteiger partial charge is 0.508 e. The maximum Gasteiger partial charge on any atom is 0.303 e. The van der Waals surface area contributed by atoms with Crippen molar-refractivity contribution in [3.05, 3.63) is 77.1 Å². The second-order valence-corrected chi connectivity index (χ2v) is 6.98. The summed E-state index contributed by atoms with van der Waals surface area (Å²) in [5.41, 5.74) is 0.472. The monoisotopic (exact) mass is 422 g/mol. The van der Waals surface area contributed by atoms with Gasteiger partial charge in [0, 0.05) is 23.5 Å². The SMILES string of the molecule is O=C(O)CCC=CC[C@@H]1CO[C@H](c2cc(F)c(F)c(F)c2)O[C@@H]1c1ccccc1O. The van der Waals surface area contributed by atoms with Crippen LogP contribution in [-0.2, 0) is 14.3 Å². The highest BCUT2D eigenvalue weighted by molar-refractivity contribution is 5.66. The Morgan fingerprint density at radius 2 is 1.83 bits per heavy atom. The minimum absolute atomic E-state index is 0.000487. The van der Waals surface area contributed by atoms with Crippen LogP contribution in [0.15, 0.2) is 48.6 Å². The van der Waals surface area contributed by atoms with Gasteiger partial charge in [-0.15, -0.1) is 0 Å². The summed E-state index contributed by atoms with van der Waals surface area (Å²) in [6, 6.07) is 8.19. The number of hydrogen-bond acceptors (Lipinski definition) is 4. The number of carboxylic acids is 1. The fraction of sp³-hybridized carbons (Fsp3) is 0.318. The Hall–Kier alpha value is -2.84. The number of rotatable bonds is 7. The van der Waals surface area contributed by atoms with E-state index in [0.29, 0.717) is 18.4 Å². The van der Waals surface area contributed by atoms with Crippen molar-refractivity contribution >= 4 is 5.97 Å². The molecule has 0 amide bonds. The van der Waals surface area contributed by atoms with E-state index >= 15 is 0 Å². The first-order valence-corrected chi connectivity index (χ1v) is 9.43. The van der Waals surface area contributed by atoms with Gasteiger partial charge in [0.1, 0.15) is 5.75 Å². The topological polar surface area (TPSA) is 76.0 Å². The number of hydrogen-bond donors (Lipinski definition) is 2. The molecular formula is C22H21F3O5. The standard InChI is InChI=1S/C22H21F3O5/c23-16-10-14(11-17(24)20(16)25)22-29-12-13(6-2-1-3-9-19(27)28)21(30-22)15-7-4-5-8-18(15)26/h1-2,4-5,7-8,10-11,13,21-22,26H,3,6,9,12H2,(H,27,28)/t13-,21+,22+/m1/s1. The van der Waals surface area contributed by atoms with Crippen LogP contribution in [0.25, 0.3) is 0 Å². The first kappa shape index (κ1) is 21.9. The summed E-state index contributed by atoms with van der Waals surface area (Å²) in [6.45, 7) is 0.146. The fourth-order valence-electron chi connectivity index (χ4n) is 3.31. The smallest absolute Gasteiger partial charge is 0.303 e. The lowest BCUT2D eigenvalue weighted by Crippen LogP contribution is -2.30. The summed E-state index contributed by atoms with van der Waals surface area (Å²) in [5, 5.41) is 19.0. The normalized spacial score (nSPS) is 21.8. The molecule has 3 rings (SSSR count). The molecule has 0 bridgehead atoms. The molecule has 1 saturated heterocycles.